The van der Waals surface area contributed by atoms with Crippen LogP contribution in [0.5, 0.6) is 0 Å². The summed E-state index contributed by atoms with van der Waals surface area (Å²) in [5.41, 5.74) is 1.87. The lowest BCUT2D eigenvalue weighted by atomic mass is 10.0. The summed E-state index contributed by atoms with van der Waals surface area (Å²) in [4.78, 5) is 65.0. The zero-order valence-corrected chi connectivity index (χ0v) is 32.2. The molecule has 284 valence electrons. The van der Waals surface area contributed by atoms with E-state index in [9.17, 15) is 24.0 Å². The Kier molecular flexibility index (Phi) is 13.0. The number of imide groups is 1. The number of rotatable bonds is 14. The fraction of sp³-hybridized carbons (Fsp3) is 0.553. The van der Waals surface area contributed by atoms with Crippen LogP contribution in [0.1, 0.15) is 94.8 Å². The molecule has 52 heavy (non-hydrogen) atoms. The van der Waals surface area contributed by atoms with E-state index in [-0.39, 0.29) is 31.3 Å². The van der Waals surface area contributed by atoms with E-state index >= 15 is 0 Å². The lowest BCUT2D eigenvalue weighted by molar-refractivity contribution is -0.136. The minimum atomic E-state index is -0.685. The van der Waals surface area contributed by atoms with Crippen LogP contribution in [0.4, 0.5) is 15.3 Å². The highest BCUT2D eigenvalue weighted by Gasteiger charge is 2.39. The summed E-state index contributed by atoms with van der Waals surface area (Å²) in [6.07, 6.45) is 1.29. The topological polar surface area (TPSA) is 156 Å². The number of likely N-dealkylation sites (N-methyl/N-ethyl adjacent to an activating group) is 1. The predicted octanol–water partition coefficient (Wildman–Crippen LogP) is 5.81. The van der Waals surface area contributed by atoms with E-state index < -0.39 is 40.9 Å². The first kappa shape index (κ1) is 40.6. The van der Waals surface area contributed by atoms with E-state index in [1.54, 1.807) is 25.2 Å². The van der Waals surface area contributed by atoms with Crippen LogP contribution in [0.2, 0.25) is 5.02 Å². The number of piperidine rings is 1. The number of nitrogens with zero attached hydrogens (tertiary/aromatic N) is 2. The third-order valence-electron chi connectivity index (χ3n) is 8.66. The zero-order valence-electron chi connectivity index (χ0n) is 31.4. The van der Waals surface area contributed by atoms with Gasteiger partial charge in [0, 0.05) is 42.8 Å². The number of hydrogen-bond donors (Lipinski definition) is 3. The van der Waals surface area contributed by atoms with Gasteiger partial charge in [0.1, 0.15) is 11.6 Å². The second kappa shape index (κ2) is 16.6. The Morgan fingerprint density at radius 1 is 0.962 bits per heavy atom. The van der Waals surface area contributed by atoms with Crippen molar-refractivity contribution in [2.75, 3.05) is 32.1 Å². The molecule has 0 radical (unpaired) electrons. The fourth-order valence-electron chi connectivity index (χ4n) is 6.07. The fourth-order valence-corrected chi connectivity index (χ4v) is 6.33. The Morgan fingerprint density at radius 3 is 2.37 bits per heavy atom. The maximum absolute atomic E-state index is 13.0. The number of ether oxygens (including phenoxy) is 3. The Balaban J connectivity index is 1.21. The first-order valence-corrected chi connectivity index (χ1v) is 17.9. The summed E-state index contributed by atoms with van der Waals surface area (Å²) in [7, 11) is 1.69. The summed E-state index contributed by atoms with van der Waals surface area (Å²) in [5.74, 6) is -1.04. The van der Waals surface area contributed by atoms with Crippen molar-refractivity contribution in [3.63, 3.8) is 0 Å². The van der Waals surface area contributed by atoms with E-state index in [4.69, 9.17) is 25.8 Å². The van der Waals surface area contributed by atoms with E-state index in [0.29, 0.717) is 55.3 Å². The van der Waals surface area contributed by atoms with Crippen LogP contribution >= 0.6 is 11.6 Å². The van der Waals surface area contributed by atoms with E-state index in [2.05, 4.69) is 16.0 Å². The molecule has 1 atom stereocenters. The van der Waals surface area contributed by atoms with E-state index in [1.807, 2.05) is 66.7 Å². The molecule has 0 aromatic heterocycles. The number of carbonyl (C=O) groups excluding carboxylic acids is 5. The Morgan fingerprint density at radius 2 is 1.67 bits per heavy atom. The standard InChI is InChI=1S/C38H52ClN5O8/c1-36(2,3)52-35(49)43(8)23-38(6,7)51-16-14-37(4,5)50-15-13-24-18-27(39)20-28(19-24)41-34(48)40-21-25-9-10-29-26(17-25)22-44(33(29)47)30-11-12-31(45)42-32(30)46/h9-10,17-20,30H,11-16,21-23H2,1-8H3,(H2,40,41,48)(H,42,45,46). The molecule has 2 aromatic rings. The number of amides is 6. The SMILES string of the molecule is CN(CC(C)(C)OCCC(C)(C)OCCc1cc(Cl)cc(NC(=O)NCc2ccc3c(c2)CN(C2CCC(=O)NC2=O)C3=O)c1)C(=O)OC(C)(C)C. The number of anilines is 1. The number of nitrogens with one attached hydrogen (secondary N) is 3. The van der Waals surface area contributed by atoms with Crippen molar-refractivity contribution in [3.8, 4) is 0 Å². The van der Waals surface area contributed by atoms with Crippen molar-refractivity contribution in [3.05, 3.63) is 63.7 Å². The van der Waals surface area contributed by atoms with Gasteiger partial charge < -0.3 is 34.6 Å². The van der Waals surface area contributed by atoms with Crippen molar-refractivity contribution in [1.29, 1.82) is 0 Å². The monoisotopic (exact) mass is 741 g/mol. The molecule has 0 saturated carbocycles. The molecule has 6 amide bonds. The van der Waals surface area contributed by atoms with Gasteiger partial charge in [-0.1, -0.05) is 23.7 Å². The molecule has 1 unspecified atom stereocenters. The second-order valence-electron chi connectivity index (χ2n) is 15.6. The summed E-state index contributed by atoms with van der Waals surface area (Å²) in [5, 5.41) is 8.45. The number of fused-ring (bicyclic) bond motifs is 1. The lowest BCUT2D eigenvalue weighted by Gasteiger charge is -2.33. The quantitative estimate of drug-likeness (QED) is 0.205. The molecule has 2 heterocycles. The number of benzene rings is 2. The second-order valence-corrected chi connectivity index (χ2v) is 16.0. The van der Waals surface area contributed by atoms with Crippen LogP contribution < -0.4 is 16.0 Å². The van der Waals surface area contributed by atoms with E-state index in [0.717, 1.165) is 16.7 Å². The van der Waals surface area contributed by atoms with Crippen molar-refractivity contribution >= 4 is 47.1 Å². The normalized spacial score (nSPS) is 16.4. The molecular formula is C38H52ClN5O8. The molecular weight excluding hydrogens is 690 g/mol. The van der Waals surface area contributed by atoms with Gasteiger partial charge in [0.2, 0.25) is 11.8 Å². The molecule has 1 fully saturated rings. The van der Waals surface area contributed by atoms with Gasteiger partial charge >= 0.3 is 12.1 Å². The van der Waals surface area contributed by atoms with Gasteiger partial charge in [-0.05, 0) is 109 Å². The van der Waals surface area contributed by atoms with Crippen LogP contribution in [-0.4, -0.2) is 89.3 Å². The molecule has 14 heteroatoms. The largest absolute Gasteiger partial charge is 0.444 e. The molecule has 3 N–H and O–H groups in total. The van der Waals surface area contributed by atoms with Crippen LogP contribution in [0.3, 0.4) is 0 Å². The zero-order chi connectivity index (χ0) is 38.4. The van der Waals surface area contributed by atoms with Gasteiger partial charge in [-0.25, -0.2) is 9.59 Å². The predicted molar refractivity (Wildman–Crippen MR) is 197 cm³/mol. The minimum absolute atomic E-state index is 0.190. The average molecular weight is 742 g/mol. The number of urea groups is 1. The molecule has 13 nitrogen and oxygen atoms in total. The summed E-state index contributed by atoms with van der Waals surface area (Å²) < 4.78 is 17.8. The summed E-state index contributed by atoms with van der Waals surface area (Å²) in [6, 6.07) is 9.55. The highest BCUT2D eigenvalue weighted by atomic mass is 35.5. The Labute approximate surface area is 311 Å². The van der Waals surface area contributed by atoms with Gasteiger partial charge in [-0.15, -0.1) is 0 Å². The first-order valence-electron chi connectivity index (χ1n) is 17.5. The molecule has 0 spiro atoms. The van der Waals surface area contributed by atoms with Gasteiger partial charge in [-0.3, -0.25) is 19.7 Å². The third kappa shape index (κ3) is 11.9. The molecule has 2 aliphatic rings. The Bertz CT molecular complexity index is 1670. The minimum Gasteiger partial charge on any atom is -0.444 e. The van der Waals surface area contributed by atoms with Crippen molar-refractivity contribution < 1.29 is 38.2 Å². The molecule has 2 aromatic carbocycles. The summed E-state index contributed by atoms with van der Waals surface area (Å²) >= 11 is 6.39. The third-order valence-corrected chi connectivity index (χ3v) is 8.88. The van der Waals surface area contributed by atoms with E-state index in [1.165, 1.54) is 9.80 Å². The highest BCUT2D eigenvalue weighted by Crippen LogP contribution is 2.28. The van der Waals surface area contributed by atoms with Gasteiger partial charge in [0.15, 0.2) is 0 Å². The van der Waals surface area contributed by atoms with Gasteiger partial charge in [-0.2, -0.15) is 0 Å². The molecule has 1 saturated heterocycles. The number of hydrogen-bond acceptors (Lipinski definition) is 8. The molecule has 0 aliphatic carbocycles. The van der Waals surface area contributed by atoms with Gasteiger partial charge in [0.05, 0.1) is 31.0 Å². The number of carbonyl (C=O) groups is 5. The van der Waals surface area contributed by atoms with Crippen LogP contribution in [0, 0.1) is 0 Å². The smallest absolute Gasteiger partial charge is 0.410 e. The first-order chi connectivity index (χ1) is 24.2. The van der Waals surface area contributed by atoms with Crippen LogP contribution in [-0.2, 0) is 43.3 Å². The maximum Gasteiger partial charge on any atom is 0.410 e. The molecule has 2 aliphatic heterocycles. The molecule has 4 rings (SSSR count). The number of halogens is 1. The van der Waals surface area contributed by atoms with Crippen LogP contribution in [0.25, 0.3) is 0 Å². The maximum atomic E-state index is 13.0. The highest BCUT2D eigenvalue weighted by molar-refractivity contribution is 6.31. The average Bonchev–Trinajstić information content (AvgIpc) is 3.33. The van der Waals surface area contributed by atoms with Crippen molar-refractivity contribution in [2.45, 2.75) is 110 Å². The van der Waals surface area contributed by atoms with Crippen LogP contribution in [0.15, 0.2) is 36.4 Å². The lowest BCUT2D eigenvalue weighted by Crippen LogP contribution is -2.52. The Hall–Kier alpha value is -4.20. The van der Waals surface area contributed by atoms with Crippen molar-refractivity contribution in [1.82, 2.24) is 20.4 Å². The summed E-state index contributed by atoms with van der Waals surface area (Å²) in [6.45, 7) is 15.1. The van der Waals surface area contributed by atoms with Gasteiger partial charge in [0.25, 0.3) is 5.91 Å². The van der Waals surface area contributed by atoms with Crippen molar-refractivity contribution in [2.24, 2.45) is 0 Å². The molecule has 0 bridgehead atoms.